The van der Waals surface area contributed by atoms with Gasteiger partial charge in [0.05, 0.1) is 6.10 Å². The largest absolute Gasteiger partial charge is 0.480 e. The summed E-state index contributed by atoms with van der Waals surface area (Å²) < 4.78 is 0. The number of hydrogen-bond acceptors (Lipinski definition) is 3. The van der Waals surface area contributed by atoms with E-state index in [0.717, 1.165) is 5.56 Å². The Morgan fingerprint density at radius 1 is 1.44 bits per heavy atom. The fourth-order valence-corrected chi connectivity index (χ4v) is 2.85. The van der Waals surface area contributed by atoms with Gasteiger partial charge in [0, 0.05) is 5.92 Å². The first-order valence-electron chi connectivity index (χ1n) is 6.28. The number of benzene rings is 1. The van der Waals surface area contributed by atoms with Crippen LogP contribution in [-0.2, 0) is 4.79 Å². The van der Waals surface area contributed by atoms with Crippen molar-refractivity contribution in [1.82, 2.24) is 5.32 Å². The number of carboxylic acids is 1. The molecule has 0 aliphatic carbocycles. The molecule has 4 atom stereocenters. The van der Waals surface area contributed by atoms with Crippen LogP contribution in [0.1, 0.15) is 24.8 Å². The smallest absolute Gasteiger partial charge is 0.321 e. The van der Waals surface area contributed by atoms with Crippen LogP contribution in [0.2, 0.25) is 0 Å². The average Bonchev–Trinajstić information content (AvgIpc) is 2.73. The first-order chi connectivity index (χ1) is 8.59. The minimum atomic E-state index is -0.822. The van der Waals surface area contributed by atoms with Crippen molar-refractivity contribution in [2.45, 2.75) is 31.4 Å². The number of carbonyl (C=O) groups is 1. The average molecular weight is 249 g/mol. The van der Waals surface area contributed by atoms with E-state index in [1.807, 2.05) is 30.3 Å². The molecule has 1 aliphatic rings. The first-order valence-corrected chi connectivity index (χ1v) is 6.28. The van der Waals surface area contributed by atoms with Gasteiger partial charge in [-0.1, -0.05) is 30.3 Å². The van der Waals surface area contributed by atoms with Gasteiger partial charge in [0.15, 0.2) is 0 Å². The van der Waals surface area contributed by atoms with Gasteiger partial charge in [-0.3, -0.25) is 4.79 Å². The Kier molecular flexibility index (Phi) is 3.99. The molecule has 18 heavy (non-hydrogen) atoms. The van der Waals surface area contributed by atoms with E-state index in [1.54, 1.807) is 6.92 Å². The summed E-state index contributed by atoms with van der Waals surface area (Å²) in [6.07, 6.45) is 0.214. The summed E-state index contributed by atoms with van der Waals surface area (Å²) in [5.41, 5.74) is 1.03. The topological polar surface area (TPSA) is 69.6 Å². The van der Waals surface area contributed by atoms with Gasteiger partial charge in [0.2, 0.25) is 0 Å². The lowest BCUT2D eigenvalue weighted by Gasteiger charge is -2.23. The van der Waals surface area contributed by atoms with E-state index >= 15 is 0 Å². The SMILES string of the molecule is CC(O)CC1CN[C@H](C(=O)O)C1c1ccccc1. The first kappa shape index (κ1) is 13.1. The monoisotopic (exact) mass is 249 g/mol. The van der Waals surface area contributed by atoms with Crippen LogP contribution >= 0.6 is 0 Å². The van der Waals surface area contributed by atoms with E-state index in [2.05, 4.69) is 5.32 Å². The molecule has 4 heteroatoms. The summed E-state index contributed by atoms with van der Waals surface area (Å²) in [5, 5.41) is 21.8. The predicted octanol–water partition coefficient (Wildman–Crippen LogP) is 1.21. The highest BCUT2D eigenvalue weighted by Crippen LogP contribution is 2.35. The van der Waals surface area contributed by atoms with Crippen LogP contribution in [0, 0.1) is 5.92 Å². The number of aliphatic carboxylic acids is 1. The van der Waals surface area contributed by atoms with E-state index in [9.17, 15) is 15.0 Å². The van der Waals surface area contributed by atoms with Crippen molar-refractivity contribution >= 4 is 5.97 Å². The molecule has 0 bridgehead atoms. The van der Waals surface area contributed by atoms with Crippen LogP contribution in [0.15, 0.2) is 30.3 Å². The molecule has 4 nitrogen and oxygen atoms in total. The minimum absolute atomic E-state index is 0.0710. The maximum absolute atomic E-state index is 11.3. The molecule has 1 heterocycles. The second-order valence-electron chi connectivity index (χ2n) is 5.01. The molecule has 1 aliphatic heterocycles. The van der Waals surface area contributed by atoms with Crippen LogP contribution in [0.25, 0.3) is 0 Å². The molecule has 1 saturated heterocycles. The highest BCUT2D eigenvalue weighted by Gasteiger charge is 2.41. The Morgan fingerprint density at radius 2 is 2.11 bits per heavy atom. The summed E-state index contributed by atoms with van der Waals surface area (Å²) >= 11 is 0. The molecule has 1 aromatic rings. The highest BCUT2D eigenvalue weighted by atomic mass is 16.4. The third-order valence-corrected chi connectivity index (χ3v) is 3.56. The Bertz CT molecular complexity index is 405. The molecule has 0 amide bonds. The molecular weight excluding hydrogens is 230 g/mol. The van der Waals surface area contributed by atoms with E-state index < -0.39 is 18.1 Å². The van der Waals surface area contributed by atoms with Crippen LogP contribution in [0.4, 0.5) is 0 Å². The minimum Gasteiger partial charge on any atom is -0.480 e. The summed E-state index contributed by atoms with van der Waals surface area (Å²) in [5.74, 6) is -0.733. The summed E-state index contributed by atoms with van der Waals surface area (Å²) in [6, 6.07) is 9.13. The van der Waals surface area contributed by atoms with Gasteiger partial charge in [-0.2, -0.15) is 0 Å². The van der Waals surface area contributed by atoms with Crippen molar-refractivity contribution in [2.24, 2.45) is 5.92 Å². The molecule has 3 unspecified atom stereocenters. The van der Waals surface area contributed by atoms with Crippen molar-refractivity contribution in [1.29, 1.82) is 0 Å². The Hall–Kier alpha value is -1.39. The van der Waals surface area contributed by atoms with Crippen molar-refractivity contribution in [3.63, 3.8) is 0 Å². The van der Waals surface area contributed by atoms with Gasteiger partial charge in [-0.05, 0) is 31.4 Å². The second kappa shape index (κ2) is 5.50. The maximum Gasteiger partial charge on any atom is 0.321 e. The molecular formula is C14H19NO3. The fourth-order valence-electron chi connectivity index (χ4n) is 2.85. The summed E-state index contributed by atoms with van der Waals surface area (Å²) in [6.45, 7) is 2.39. The molecule has 0 radical (unpaired) electrons. The standard InChI is InChI=1S/C14H19NO3/c1-9(16)7-11-8-15-13(14(17)18)12(11)10-5-3-2-4-6-10/h2-6,9,11-13,15-16H,7-8H2,1H3,(H,17,18)/t9?,11?,12?,13-/m0/s1. The molecule has 98 valence electrons. The number of rotatable bonds is 4. The lowest BCUT2D eigenvalue weighted by Crippen LogP contribution is -2.34. The van der Waals surface area contributed by atoms with Gasteiger partial charge in [-0.15, -0.1) is 0 Å². The van der Waals surface area contributed by atoms with E-state index in [1.165, 1.54) is 0 Å². The lowest BCUT2D eigenvalue weighted by atomic mass is 9.81. The maximum atomic E-state index is 11.3. The molecule has 2 rings (SSSR count). The number of carboxylic acid groups (broad SMARTS) is 1. The Balaban J connectivity index is 2.25. The zero-order chi connectivity index (χ0) is 13.1. The van der Waals surface area contributed by atoms with E-state index in [-0.39, 0.29) is 11.8 Å². The second-order valence-corrected chi connectivity index (χ2v) is 5.01. The van der Waals surface area contributed by atoms with Crippen LogP contribution < -0.4 is 5.32 Å². The number of aliphatic hydroxyl groups is 1. The van der Waals surface area contributed by atoms with E-state index in [4.69, 9.17) is 0 Å². The van der Waals surface area contributed by atoms with Gasteiger partial charge in [0.25, 0.3) is 0 Å². The van der Waals surface area contributed by atoms with Crippen LogP contribution in [0.5, 0.6) is 0 Å². The molecule has 0 aromatic heterocycles. The predicted molar refractivity (Wildman–Crippen MR) is 68.4 cm³/mol. The quantitative estimate of drug-likeness (QED) is 0.750. The van der Waals surface area contributed by atoms with Gasteiger partial charge >= 0.3 is 5.97 Å². The van der Waals surface area contributed by atoms with Crippen molar-refractivity contribution in [3.05, 3.63) is 35.9 Å². The van der Waals surface area contributed by atoms with Crippen molar-refractivity contribution in [3.8, 4) is 0 Å². The summed E-state index contributed by atoms with van der Waals surface area (Å²) in [4.78, 5) is 11.3. The zero-order valence-electron chi connectivity index (χ0n) is 10.4. The Labute approximate surface area is 107 Å². The molecule has 3 N–H and O–H groups in total. The zero-order valence-corrected chi connectivity index (χ0v) is 10.4. The molecule has 0 saturated carbocycles. The number of aliphatic hydroxyl groups excluding tert-OH is 1. The lowest BCUT2D eigenvalue weighted by molar-refractivity contribution is -0.139. The van der Waals surface area contributed by atoms with Gasteiger partial charge in [0.1, 0.15) is 6.04 Å². The van der Waals surface area contributed by atoms with Crippen LogP contribution in [0.3, 0.4) is 0 Å². The normalized spacial score (nSPS) is 29.1. The summed E-state index contributed by atoms with van der Waals surface area (Å²) in [7, 11) is 0. The van der Waals surface area contributed by atoms with E-state index in [0.29, 0.717) is 13.0 Å². The van der Waals surface area contributed by atoms with Crippen molar-refractivity contribution in [2.75, 3.05) is 6.54 Å². The number of nitrogens with one attached hydrogen (secondary N) is 1. The molecule has 0 spiro atoms. The third-order valence-electron chi connectivity index (χ3n) is 3.56. The highest BCUT2D eigenvalue weighted by molar-refractivity contribution is 5.75. The van der Waals surface area contributed by atoms with Crippen molar-refractivity contribution < 1.29 is 15.0 Å². The van der Waals surface area contributed by atoms with Crippen LogP contribution in [-0.4, -0.2) is 34.9 Å². The molecule has 1 aromatic carbocycles. The Morgan fingerprint density at radius 3 is 2.67 bits per heavy atom. The third kappa shape index (κ3) is 2.71. The molecule has 1 fully saturated rings. The fraction of sp³-hybridized carbons (Fsp3) is 0.500. The number of hydrogen-bond donors (Lipinski definition) is 3. The van der Waals surface area contributed by atoms with Gasteiger partial charge in [-0.25, -0.2) is 0 Å². The van der Waals surface area contributed by atoms with Gasteiger partial charge < -0.3 is 15.5 Å².